The van der Waals surface area contributed by atoms with Crippen LogP contribution in [-0.4, -0.2) is 29.1 Å². The number of carbonyl (C=O) groups is 1. The van der Waals surface area contributed by atoms with E-state index in [-0.39, 0.29) is 29.6 Å². The molecular weight excluding hydrogens is 447 g/mol. The van der Waals surface area contributed by atoms with Gasteiger partial charge in [0.2, 0.25) is 15.9 Å². The molecule has 0 fully saturated rings. The lowest BCUT2D eigenvalue weighted by Gasteiger charge is -2.09. The summed E-state index contributed by atoms with van der Waals surface area (Å²) in [7, 11) is -3.85. The molecule has 0 aliphatic rings. The Kier molecular flexibility index (Phi) is 6.37. The molecule has 2 aromatic heterocycles. The van der Waals surface area contributed by atoms with Crippen LogP contribution < -0.4 is 10.5 Å². The molecule has 0 bridgehead atoms. The molecule has 2 heterocycles. The Labute approximate surface area is 182 Å². The zero-order chi connectivity index (χ0) is 23.7. The van der Waals surface area contributed by atoms with Gasteiger partial charge in [-0.2, -0.15) is 18.3 Å². The fourth-order valence-corrected chi connectivity index (χ4v) is 3.67. The monoisotopic (exact) mass is 467 g/mol. The van der Waals surface area contributed by atoms with Gasteiger partial charge in [0.25, 0.3) is 0 Å². The number of halogens is 3. The van der Waals surface area contributed by atoms with Crippen molar-refractivity contribution in [2.75, 3.05) is 0 Å². The topological polar surface area (TPSA) is 120 Å². The highest BCUT2D eigenvalue weighted by Crippen LogP contribution is 2.29. The van der Waals surface area contributed by atoms with E-state index in [0.29, 0.717) is 22.5 Å². The molecule has 0 aliphatic heterocycles. The highest BCUT2D eigenvalue weighted by Gasteiger charge is 2.31. The molecule has 3 aromatic rings. The van der Waals surface area contributed by atoms with Gasteiger partial charge in [-0.15, -0.1) is 0 Å². The zero-order valence-corrected chi connectivity index (χ0v) is 18.0. The van der Waals surface area contributed by atoms with E-state index in [9.17, 15) is 26.4 Å². The second-order valence-corrected chi connectivity index (χ2v) is 8.67. The van der Waals surface area contributed by atoms with Crippen LogP contribution in [0.15, 0.2) is 47.5 Å². The van der Waals surface area contributed by atoms with Crippen molar-refractivity contribution in [3.63, 3.8) is 0 Å². The molecule has 1 amide bonds. The minimum atomic E-state index is -4.49. The minimum absolute atomic E-state index is 0.0207. The van der Waals surface area contributed by atoms with Crippen molar-refractivity contribution in [1.82, 2.24) is 20.1 Å². The summed E-state index contributed by atoms with van der Waals surface area (Å²) in [6.07, 6.45) is -3.78. The van der Waals surface area contributed by atoms with Crippen molar-refractivity contribution in [2.24, 2.45) is 5.14 Å². The summed E-state index contributed by atoms with van der Waals surface area (Å²) >= 11 is 0. The van der Waals surface area contributed by atoms with Crippen LogP contribution in [0.2, 0.25) is 0 Å². The van der Waals surface area contributed by atoms with Crippen LogP contribution in [0, 0.1) is 13.8 Å². The number of aryl methyl sites for hydroxylation is 1. The molecule has 3 N–H and O–H groups in total. The second-order valence-electron chi connectivity index (χ2n) is 7.11. The van der Waals surface area contributed by atoms with Crippen LogP contribution in [0.4, 0.5) is 13.2 Å². The number of nitrogens with zero attached hydrogens (tertiary/aromatic N) is 3. The van der Waals surface area contributed by atoms with Gasteiger partial charge in [0.05, 0.1) is 22.6 Å². The van der Waals surface area contributed by atoms with Crippen LogP contribution in [0.3, 0.4) is 0 Å². The molecule has 12 heteroatoms. The van der Waals surface area contributed by atoms with Crippen molar-refractivity contribution in [3.05, 3.63) is 70.7 Å². The van der Waals surface area contributed by atoms with Crippen LogP contribution in [0.5, 0.6) is 0 Å². The van der Waals surface area contributed by atoms with Gasteiger partial charge >= 0.3 is 6.18 Å². The maximum Gasteiger partial charge on any atom is 0.417 e. The van der Waals surface area contributed by atoms with Gasteiger partial charge < -0.3 is 5.32 Å². The highest BCUT2D eigenvalue weighted by molar-refractivity contribution is 7.89. The molecule has 0 unspecified atom stereocenters. The molecule has 0 atom stereocenters. The predicted octanol–water partition coefficient (Wildman–Crippen LogP) is 2.41. The van der Waals surface area contributed by atoms with Crippen molar-refractivity contribution in [3.8, 4) is 5.82 Å². The summed E-state index contributed by atoms with van der Waals surface area (Å²) < 4.78 is 62.5. The van der Waals surface area contributed by atoms with Crippen LogP contribution >= 0.6 is 0 Å². The van der Waals surface area contributed by atoms with Crippen molar-refractivity contribution < 1.29 is 26.4 Å². The van der Waals surface area contributed by atoms with E-state index in [2.05, 4.69) is 15.4 Å². The number of primary sulfonamides is 1. The molecule has 170 valence electrons. The molecule has 0 radical (unpaired) electrons. The second kappa shape index (κ2) is 8.71. The SMILES string of the molecule is Cc1nn(-c2ccc(C(F)(F)F)cn2)c(C)c1CC(=O)NCc1cccc(S(N)(=O)=O)c1. The third-order valence-corrected chi connectivity index (χ3v) is 5.70. The fraction of sp³-hybridized carbons (Fsp3) is 0.250. The van der Waals surface area contributed by atoms with E-state index in [1.165, 1.54) is 28.9 Å². The Balaban J connectivity index is 1.72. The number of aromatic nitrogens is 3. The quantitative estimate of drug-likeness (QED) is 0.577. The van der Waals surface area contributed by atoms with Gasteiger partial charge in [-0.3, -0.25) is 4.79 Å². The first-order valence-corrected chi connectivity index (χ1v) is 10.9. The summed E-state index contributed by atoms with van der Waals surface area (Å²) in [4.78, 5) is 16.2. The first kappa shape index (κ1) is 23.4. The number of pyridine rings is 1. The van der Waals surface area contributed by atoms with Crippen molar-refractivity contribution >= 4 is 15.9 Å². The molecule has 1 aromatic carbocycles. The Hall–Kier alpha value is -3.25. The van der Waals surface area contributed by atoms with E-state index < -0.39 is 21.8 Å². The summed E-state index contributed by atoms with van der Waals surface area (Å²) in [5.41, 5.74) is 1.41. The summed E-state index contributed by atoms with van der Waals surface area (Å²) in [5.74, 6) is -0.137. The average molecular weight is 467 g/mol. The van der Waals surface area contributed by atoms with E-state index in [1.807, 2.05) is 0 Å². The Morgan fingerprint density at radius 1 is 1.19 bits per heavy atom. The third-order valence-electron chi connectivity index (χ3n) is 4.79. The zero-order valence-electron chi connectivity index (χ0n) is 17.1. The van der Waals surface area contributed by atoms with Gasteiger partial charge in [0.1, 0.15) is 0 Å². The molecule has 32 heavy (non-hydrogen) atoms. The minimum Gasteiger partial charge on any atom is -0.352 e. The number of carbonyl (C=O) groups excluding carboxylic acids is 1. The van der Waals surface area contributed by atoms with Crippen molar-refractivity contribution in [2.45, 2.75) is 37.9 Å². The number of rotatable bonds is 6. The Bertz CT molecular complexity index is 1250. The molecular formula is C20H20F3N5O3S. The van der Waals surface area contributed by atoms with Gasteiger partial charge in [-0.25, -0.2) is 23.2 Å². The van der Waals surface area contributed by atoms with Gasteiger partial charge in [-0.1, -0.05) is 12.1 Å². The number of nitrogens with two attached hydrogens (primary N) is 1. The Morgan fingerprint density at radius 3 is 2.50 bits per heavy atom. The average Bonchev–Trinajstić information content (AvgIpc) is 2.99. The molecule has 3 rings (SSSR count). The third kappa shape index (κ3) is 5.32. The van der Waals surface area contributed by atoms with Crippen LogP contribution in [-0.2, 0) is 34.0 Å². The molecule has 0 aliphatic carbocycles. The number of benzene rings is 1. The predicted molar refractivity (Wildman–Crippen MR) is 109 cm³/mol. The first-order valence-electron chi connectivity index (χ1n) is 9.33. The maximum atomic E-state index is 12.7. The van der Waals surface area contributed by atoms with Gasteiger partial charge in [-0.05, 0) is 43.7 Å². The van der Waals surface area contributed by atoms with E-state index in [0.717, 1.165) is 12.3 Å². The van der Waals surface area contributed by atoms with Crippen LogP contribution in [0.25, 0.3) is 5.82 Å². The van der Waals surface area contributed by atoms with Crippen LogP contribution in [0.1, 0.15) is 28.1 Å². The summed E-state index contributed by atoms with van der Waals surface area (Å²) in [5, 5.41) is 12.1. The lowest BCUT2D eigenvalue weighted by atomic mass is 10.1. The number of amides is 1. The first-order chi connectivity index (χ1) is 14.9. The highest BCUT2D eigenvalue weighted by atomic mass is 32.2. The van der Waals surface area contributed by atoms with Gasteiger partial charge in [0.15, 0.2) is 5.82 Å². The smallest absolute Gasteiger partial charge is 0.352 e. The number of alkyl halides is 3. The van der Waals surface area contributed by atoms with E-state index >= 15 is 0 Å². The van der Waals surface area contributed by atoms with E-state index in [4.69, 9.17) is 5.14 Å². The Morgan fingerprint density at radius 2 is 1.91 bits per heavy atom. The van der Waals surface area contributed by atoms with Crippen molar-refractivity contribution in [1.29, 1.82) is 0 Å². The number of sulfonamides is 1. The normalized spacial score (nSPS) is 12.1. The summed E-state index contributed by atoms with van der Waals surface area (Å²) in [6.45, 7) is 3.47. The molecule has 8 nitrogen and oxygen atoms in total. The maximum absolute atomic E-state index is 12.7. The largest absolute Gasteiger partial charge is 0.417 e. The molecule has 0 saturated carbocycles. The number of nitrogens with one attached hydrogen (secondary N) is 1. The number of hydrogen-bond acceptors (Lipinski definition) is 5. The van der Waals surface area contributed by atoms with Gasteiger partial charge in [0, 0.05) is 24.0 Å². The lowest BCUT2D eigenvalue weighted by molar-refractivity contribution is -0.137. The molecule has 0 spiro atoms. The molecule has 0 saturated heterocycles. The fourth-order valence-electron chi connectivity index (χ4n) is 3.09. The standard InChI is InChI=1S/C20H20F3N5O3S/c1-12-17(9-19(29)26-10-14-4-3-5-16(8-14)32(24,30)31)13(2)28(27-12)18-7-6-15(11-25-18)20(21,22)23/h3-8,11H,9-10H2,1-2H3,(H,26,29)(H2,24,30,31). The summed E-state index contributed by atoms with van der Waals surface area (Å²) in [6, 6.07) is 8.04. The van der Waals surface area contributed by atoms with E-state index in [1.54, 1.807) is 19.9 Å². The lowest BCUT2D eigenvalue weighted by Crippen LogP contribution is -2.25. The number of hydrogen-bond donors (Lipinski definition) is 2.